The highest BCUT2D eigenvalue weighted by Crippen LogP contribution is 2.34. The number of nitrogens with zero attached hydrogens (tertiary/aromatic N) is 1. The molecular weight excluding hydrogens is 364 g/mol. The minimum absolute atomic E-state index is 0.0943. The number of hydrogen-bond acceptors (Lipinski definition) is 3. The van der Waals surface area contributed by atoms with Crippen molar-refractivity contribution in [3.8, 4) is 5.75 Å². The van der Waals surface area contributed by atoms with Crippen molar-refractivity contribution in [1.82, 2.24) is 9.97 Å². The van der Waals surface area contributed by atoms with Gasteiger partial charge in [0, 0.05) is 23.3 Å². The van der Waals surface area contributed by atoms with Gasteiger partial charge in [-0.25, -0.2) is 9.37 Å². The van der Waals surface area contributed by atoms with Crippen molar-refractivity contribution in [2.24, 2.45) is 0 Å². The van der Waals surface area contributed by atoms with Gasteiger partial charge in [-0.3, -0.25) is 4.79 Å². The first kappa shape index (κ1) is 17.2. The Kier molecular flexibility index (Phi) is 4.38. The fraction of sp³-hybridized carbons (Fsp3) is 0.125. The molecule has 0 amide bonds. The first-order valence-electron chi connectivity index (χ1n) is 6.92. The molecule has 0 aliphatic carbocycles. The molecule has 0 saturated carbocycles. The van der Waals surface area contributed by atoms with E-state index < -0.39 is 40.7 Å². The summed E-state index contributed by atoms with van der Waals surface area (Å²) in [6.07, 6.45) is -1.75. The second-order valence-electron chi connectivity index (χ2n) is 5.07. The number of ether oxygens (including phenoxy) is 1. The molecule has 0 spiro atoms. The van der Waals surface area contributed by atoms with Crippen LogP contribution in [0.1, 0.15) is 15.9 Å². The number of fused-ring (bicyclic) bond motifs is 1. The van der Waals surface area contributed by atoms with Crippen molar-refractivity contribution in [3.05, 3.63) is 58.6 Å². The lowest BCUT2D eigenvalue weighted by Crippen LogP contribution is -2.19. The maximum Gasteiger partial charge on any atom is 0.422 e. The molecule has 3 rings (SSSR count). The van der Waals surface area contributed by atoms with Crippen LogP contribution in [0.5, 0.6) is 5.75 Å². The van der Waals surface area contributed by atoms with E-state index >= 15 is 0 Å². The number of rotatable bonds is 4. The summed E-state index contributed by atoms with van der Waals surface area (Å²) in [6.45, 7) is -1.61. The number of halogens is 5. The quantitative estimate of drug-likeness (QED) is 0.541. The lowest BCUT2D eigenvalue weighted by molar-refractivity contribution is -0.153. The van der Waals surface area contributed by atoms with Gasteiger partial charge in [0.2, 0.25) is 0 Å². The third kappa shape index (κ3) is 3.43. The van der Waals surface area contributed by atoms with Crippen LogP contribution in [0.2, 0.25) is 5.02 Å². The number of ketones is 1. The smallest absolute Gasteiger partial charge is 0.422 e. The number of carbonyl (C=O) groups excluding carboxylic acids is 1. The summed E-state index contributed by atoms with van der Waals surface area (Å²) in [4.78, 5) is 19.4. The van der Waals surface area contributed by atoms with Crippen molar-refractivity contribution in [3.63, 3.8) is 0 Å². The molecule has 1 N–H and O–H groups in total. The van der Waals surface area contributed by atoms with E-state index in [9.17, 15) is 22.4 Å². The molecule has 0 unspecified atom stereocenters. The molecule has 4 nitrogen and oxygen atoms in total. The van der Waals surface area contributed by atoms with Gasteiger partial charge in [-0.05, 0) is 24.3 Å². The fourth-order valence-corrected chi connectivity index (χ4v) is 2.58. The molecule has 0 atom stereocenters. The first-order chi connectivity index (χ1) is 11.8. The number of carbonyl (C=O) groups is 1. The van der Waals surface area contributed by atoms with Gasteiger partial charge < -0.3 is 9.72 Å². The Hall–Kier alpha value is -2.61. The van der Waals surface area contributed by atoms with Crippen molar-refractivity contribution in [2.75, 3.05) is 6.61 Å². The molecule has 25 heavy (non-hydrogen) atoms. The number of nitrogens with one attached hydrogen (secondary N) is 1. The number of pyridine rings is 1. The highest BCUT2D eigenvalue weighted by atomic mass is 35.5. The number of hydrogen-bond donors (Lipinski definition) is 1. The average molecular weight is 373 g/mol. The van der Waals surface area contributed by atoms with Crippen molar-refractivity contribution < 1.29 is 27.1 Å². The van der Waals surface area contributed by atoms with Gasteiger partial charge in [-0.2, -0.15) is 13.2 Å². The van der Waals surface area contributed by atoms with E-state index in [1.54, 1.807) is 12.1 Å². The van der Waals surface area contributed by atoms with E-state index in [4.69, 9.17) is 11.6 Å². The van der Waals surface area contributed by atoms with Gasteiger partial charge in [-0.15, -0.1) is 0 Å². The number of alkyl halides is 3. The average Bonchev–Trinajstić information content (AvgIpc) is 2.97. The zero-order valence-electron chi connectivity index (χ0n) is 12.3. The minimum atomic E-state index is -4.59. The van der Waals surface area contributed by atoms with Crippen LogP contribution in [0.15, 0.2) is 36.7 Å². The second-order valence-corrected chi connectivity index (χ2v) is 5.45. The molecule has 0 fully saturated rings. The molecule has 1 aromatic carbocycles. The zero-order chi connectivity index (χ0) is 18.2. The molecule has 0 aliphatic rings. The standard InChI is InChI=1S/C16H9ClF4N2O2/c17-13-11(25-7-16(19,20)21)4-3-10(18)12(13)14(24)9-6-23-15-8(9)2-1-5-22-15/h1-6H,7H2,(H,22,23). The van der Waals surface area contributed by atoms with Crippen LogP contribution in [-0.2, 0) is 0 Å². The summed E-state index contributed by atoms with van der Waals surface area (Å²) in [5.41, 5.74) is -0.0603. The van der Waals surface area contributed by atoms with Crippen LogP contribution in [0.4, 0.5) is 17.6 Å². The maximum absolute atomic E-state index is 14.1. The Morgan fingerprint density at radius 3 is 2.76 bits per heavy atom. The van der Waals surface area contributed by atoms with Gasteiger partial charge in [0.15, 0.2) is 12.4 Å². The van der Waals surface area contributed by atoms with Crippen LogP contribution >= 0.6 is 11.6 Å². The zero-order valence-corrected chi connectivity index (χ0v) is 13.1. The van der Waals surface area contributed by atoms with Gasteiger partial charge in [0.05, 0.1) is 10.6 Å². The highest BCUT2D eigenvalue weighted by Gasteiger charge is 2.30. The molecule has 0 radical (unpaired) electrons. The van der Waals surface area contributed by atoms with Gasteiger partial charge in [0.1, 0.15) is 17.2 Å². The third-order valence-corrected chi connectivity index (χ3v) is 3.75. The van der Waals surface area contributed by atoms with E-state index in [0.29, 0.717) is 11.0 Å². The molecule has 3 aromatic rings. The predicted octanol–water partition coefficient (Wildman–Crippen LogP) is 4.53. The van der Waals surface area contributed by atoms with Crippen LogP contribution < -0.4 is 4.74 Å². The number of aromatic nitrogens is 2. The Morgan fingerprint density at radius 2 is 2.04 bits per heavy atom. The van der Waals surface area contributed by atoms with Crippen LogP contribution in [-0.4, -0.2) is 28.5 Å². The normalized spacial score (nSPS) is 11.7. The Balaban J connectivity index is 2.02. The summed E-state index contributed by atoms with van der Waals surface area (Å²) < 4.78 is 55.6. The topological polar surface area (TPSA) is 55.0 Å². The highest BCUT2D eigenvalue weighted by molar-refractivity contribution is 6.37. The van der Waals surface area contributed by atoms with E-state index in [2.05, 4.69) is 14.7 Å². The van der Waals surface area contributed by atoms with Gasteiger partial charge in [-0.1, -0.05) is 11.6 Å². The van der Waals surface area contributed by atoms with E-state index in [1.807, 2.05) is 0 Å². The summed E-state index contributed by atoms with van der Waals surface area (Å²) in [5.74, 6) is -2.19. The molecule has 9 heteroatoms. The van der Waals surface area contributed by atoms with E-state index in [-0.39, 0.29) is 5.56 Å². The molecule has 0 aliphatic heterocycles. The van der Waals surface area contributed by atoms with Gasteiger partial charge in [0.25, 0.3) is 0 Å². The Bertz CT molecular complexity index is 953. The molecule has 2 aromatic heterocycles. The number of aromatic amines is 1. The summed E-state index contributed by atoms with van der Waals surface area (Å²) in [6, 6.07) is 4.96. The molecule has 2 heterocycles. The first-order valence-corrected chi connectivity index (χ1v) is 7.30. The fourth-order valence-electron chi connectivity index (χ4n) is 2.29. The molecule has 130 valence electrons. The Labute approximate surface area is 143 Å². The predicted molar refractivity (Wildman–Crippen MR) is 82.5 cm³/mol. The minimum Gasteiger partial charge on any atom is -0.483 e. The van der Waals surface area contributed by atoms with E-state index in [1.165, 1.54) is 12.4 Å². The summed E-state index contributed by atoms with van der Waals surface area (Å²) in [7, 11) is 0. The van der Waals surface area contributed by atoms with Crippen LogP contribution in [0, 0.1) is 5.82 Å². The second kappa shape index (κ2) is 6.36. The number of H-pyrrole nitrogens is 1. The SMILES string of the molecule is O=C(c1c(F)ccc(OCC(F)(F)F)c1Cl)c1c[nH]c2ncccc12. The summed E-state index contributed by atoms with van der Waals surface area (Å²) in [5, 5.41) is -0.0860. The maximum atomic E-state index is 14.1. The summed E-state index contributed by atoms with van der Waals surface area (Å²) >= 11 is 5.93. The molecule has 0 saturated heterocycles. The van der Waals surface area contributed by atoms with Crippen LogP contribution in [0.3, 0.4) is 0 Å². The van der Waals surface area contributed by atoms with E-state index in [0.717, 1.165) is 12.1 Å². The lowest BCUT2D eigenvalue weighted by Gasteiger charge is -2.13. The van der Waals surface area contributed by atoms with Crippen LogP contribution in [0.25, 0.3) is 11.0 Å². The Morgan fingerprint density at radius 1 is 1.28 bits per heavy atom. The van der Waals surface area contributed by atoms with Crippen molar-refractivity contribution >= 4 is 28.4 Å². The lowest BCUT2D eigenvalue weighted by atomic mass is 10.0. The van der Waals surface area contributed by atoms with Crippen molar-refractivity contribution in [1.29, 1.82) is 0 Å². The molecular formula is C16H9ClF4N2O2. The number of benzene rings is 1. The van der Waals surface area contributed by atoms with Gasteiger partial charge >= 0.3 is 6.18 Å². The molecule has 0 bridgehead atoms. The largest absolute Gasteiger partial charge is 0.483 e. The monoisotopic (exact) mass is 372 g/mol. The van der Waals surface area contributed by atoms with Crippen molar-refractivity contribution in [2.45, 2.75) is 6.18 Å². The third-order valence-electron chi connectivity index (χ3n) is 3.37.